The van der Waals surface area contributed by atoms with E-state index in [2.05, 4.69) is 54.4 Å². The van der Waals surface area contributed by atoms with Gasteiger partial charge >= 0.3 is 0 Å². The zero-order chi connectivity index (χ0) is 16.1. The number of hydrogen-bond donors (Lipinski definition) is 2. The third-order valence-electron chi connectivity index (χ3n) is 3.50. The summed E-state index contributed by atoms with van der Waals surface area (Å²) < 4.78 is 2.61. The van der Waals surface area contributed by atoms with Crippen molar-refractivity contribution >= 4 is 34.3 Å². The maximum Gasteiger partial charge on any atom is 0.228 e. The van der Waals surface area contributed by atoms with Crippen LogP contribution in [0.25, 0.3) is 0 Å². The maximum atomic E-state index is 9.39. The summed E-state index contributed by atoms with van der Waals surface area (Å²) in [6, 6.07) is 2.52. The van der Waals surface area contributed by atoms with Gasteiger partial charge in [-0.25, -0.2) is 9.67 Å². The number of hydrogen-bond acceptors (Lipinski definition) is 4. The van der Waals surface area contributed by atoms with Gasteiger partial charge in [-0.05, 0) is 32.9 Å². The largest absolute Gasteiger partial charge is 0.372 e. The van der Waals surface area contributed by atoms with Gasteiger partial charge in [0.2, 0.25) is 5.96 Å². The summed E-state index contributed by atoms with van der Waals surface area (Å²) in [5, 5.41) is 19.7. The Kier molecular flexibility index (Phi) is 5.33. The second-order valence-corrected chi connectivity index (χ2v) is 6.09. The van der Waals surface area contributed by atoms with Crippen LogP contribution in [0.2, 0.25) is 0 Å². The lowest BCUT2D eigenvalue weighted by atomic mass is 9.93. The Morgan fingerprint density at radius 1 is 1.59 bits per heavy atom. The fourth-order valence-corrected chi connectivity index (χ4v) is 2.39. The number of guanidine groups is 1. The molecule has 0 amide bonds. The minimum Gasteiger partial charge on any atom is -0.372 e. The lowest BCUT2D eigenvalue weighted by molar-refractivity contribution is 0.287. The van der Waals surface area contributed by atoms with Crippen molar-refractivity contribution in [3.63, 3.8) is 0 Å². The highest BCUT2D eigenvalue weighted by Crippen LogP contribution is 2.33. The van der Waals surface area contributed by atoms with Crippen molar-refractivity contribution in [1.29, 1.82) is 5.26 Å². The molecule has 2 rings (SSSR count). The van der Waals surface area contributed by atoms with Gasteiger partial charge in [-0.15, -0.1) is 0 Å². The summed E-state index contributed by atoms with van der Waals surface area (Å²) >= 11 is 3.36. The van der Waals surface area contributed by atoms with E-state index in [1.165, 1.54) is 6.42 Å². The molecule has 8 heteroatoms. The van der Waals surface area contributed by atoms with Crippen LogP contribution in [-0.2, 0) is 0 Å². The molecule has 1 heterocycles. The summed E-state index contributed by atoms with van der Waals surface area (Å²) in [4.78, 5) is 8.19. The minimum absolute atomic E-state index is 0.299. The molecule has 0 aromatic carbocycles. The second-order valence-electron chi connectivity index (χ2n) is 4.90. The standard InChI is InChI=1S/C14H18BrN7/c1-9(15)13(17-2)21-14(18-3)20-11-8-19-22(12(11)7-16)10-5-4-6-10/h8,10,17H,3-6H2,1-2H3,(H,20,21)/b13-9+. The van der Waals surface area contributed by atoms with Gasteiger partial charge in [-0.2, -0.15) is 15.4 Å². The highest BCUT2D eigenvalue weighted by atomic mass is 79.9. The summed E-state index contributed by atoms with van der Waals surface area (Å²) in [5.41, 5.74) is 1.08. The molecule has 0 unspecified atom stereocenters. The zero-order valence-electron chi connectivity index (χ0n) is 12.6. The molecule has 1 aliphatic rings. The van der Waals surface area contributed by atoms with Crippen LogP contribution in [0.3, 0.4) is 0 Å². The molecule has 1 saturated carbocycles. The third-order valence-corrected chi connectivity index (χ3v) is 3.87. The van der Waals surface area contributed by atoms with Gasteiger partial charge in [0.1, 0.15) is 11.9 Å². The number of nitrogens with one attached hydrogen (secondary N) is 2. The summed E-state index contributed by atoms with van der Waals surface area (Å²) in [7, 11) is 1.76. The van der Waals surface area contributed by atoms with Crippen molar-refractivity contribution in [3.05, 3.63) is 22.2 Å². The van der Waals surface area contributed by atoms with Crippen LogP contribution >= 0.6 is 15.9 Å². The highest BCUT2D eigenvalue weighted by Gasteiger charge is 2.24. The van der Waals surface area contributed by atoms with Crippen LogP contribution in [0.15, 0.2) is 26.5 Å². The average molecular weight is 364 g/mol. The summed E-state index contributed by atoms with van der Waals surface area (Å²) in [5.74, 6) is 0.924. The molecule has 0 saturated heterocycles. The number of allylic oxidation sites excluding steroid dienone is 1. The van der Waals surface area contributed by atoms with E-state index in [9.17, 15) is 5.26 Å². The number of nitrogens with zero attached hydrogens (tertiary/aromatic N) is 5. The molecule has 1 fully saturated rings. The fraction of sp³-hybridized carbons (Fsp3) is 0.429. The van der Waals surface area contributed by atoms with E-state index in [1.807, 2.05) is 6.92 Å². The fourth-order valence-electron chi connectivity index (χ4n) is 2.11. The average Bonchev–Trinajstić information content (AvgIpc) is 2.83. The van der Waals surface area contributed by atoms with E-state index in [0.717, 1.165) is 17.3 Å². The van der Waals surface area contributed by atoms with Crippen LogP contribution in [0, 0.1) is 11.3 Å². The number of halogens is 1. The lowest BCUT2D eigenvalue weighted by Crippen LogP contribution is -2.20. The van der Waals surface area contributed by atoms with Crippen molar-refractivity contribution < 1.29 is 0 Å². The molecule has 0 radical (unpaired) electrons. The molecular weight excluding hydrogens is 346 g/mol. The van der Waals surface area contributed by atoms with Gasteiger partial charge in [0.25, 0.3) is 0 Å². The molecule has 7 nitrogen and oxygen atoms in total. The Labute approximate surface area is 138 Å². The van der Waals surface area contributed by atoms with Crippen molar-refractivity contribution in [1.82, 2.24) is 15.1 Å². The van der Waals surface area contributed by atoms with Crippen molar-refractivity contribution in [2.45, 2.75) is 32.2 Å². The zero-order valence-corrected chi connectivity index (χ0v) is 14.2. The molecule has 1 aromatic heterocycles. The maximum absolute atomic E-state index is 9.39. The molecule has 116 valence electrons. The predicted molar refractivity (Wildman–Crippen MR) is 91.1 cm³/mol. The van der Waals surface area contributed by atoms with E-state index >= 15 is 0 Å². The van der Waals surface area contributed by atoms with Gasteiger partial charge in [0.05, 0.1) is 17.9 Å². The van der Waals surface area contributed by atoms with E-state index in [-0.39, 0.29) is 0 Å². The van der Waals surface area contributed by atoms with Crippen LogP contribution in [0.4, 0.5) is 5.69 Å². The Bertz CT molecular complexity index is 657. The molecule has 0 spiro atoms. The minimum atomic E-state index is 0.299. The van der Waals surface area contributed by atoms with E-state index in [4.69, 9.17) is 0 Å². The van der Waals surface area contributed by atoms with E-state index in [0.29, 0.717) is 29.2 Å². The number of rotatable bonds is 4. The normalized spacial score (nSPS) is 16.4. The van der Waals surface area contributed by atoms with Gasteiger partial charge in [-0.1, -0.05) is 15.9 Å². The first-order chi connectivity index (χ1) is 10.6. The molecule has 0 aliphatic heterocycles. The predicted octanol–water partition coefficient (Wildman–Crippen LogP) is 2.75. The molecular formula is C14H18BrN7. The summed E-state index contributed by atoms with van der Waals surface area (Å²) in [6.45, 7) is 5.38. The van der Waals surface area contributed by atoms with Gasteiger partial charge in [-0.3, -0.25) is 0 Å². The van der Waals surface area contributed by atoms with Crippen LogP contribution in [-0.4, -0.2) is 29.5 Å². The van der Waals surface area contributed by atoms with Gasteiger partial charge < -0.3 is 10.6 Å². The molecule has 22 heavy (non-hydrogen) atoms. The number of aliphatic imine (C=N–C) groups is 2. The van der Waals surface area contributed by atoms with E-state index in [1.54, 1.807) is 17.9 Å². The van der Waals surface area contributed by atoms with Crippen LogP contribution in [0.1, 0.15) is 37.9 Å². The SMILES string of the molecule is C=N/C(=N\C(NC)=C(/C)Br)Nc1cnn(C2CCC2)c1C#N. The molecule has 0 bridgehead atoms. The molecule has 1 aromatic rings. The topological polar surface area (TPSA) is 90.4 Å². The number of aromatic nitrogens is 2. The molecule has 0 atom stereocenters. The summed E-state index contributed by atoms with van der Waals surface area (Å²) in [6.07, 6.45) is 4.93. The van der Waals surface area contributed by atoms with Crippen molar-refractivity contribution in [2.75, 3.05) is 12.4 Å². The molecule has 2 N–H and O–H groups in total. The Hall–Kier alpha value is -2.14. The molecule has 1 aliphatic carbocycles. The van der Waals surface area contributed by atoms with Crippen LogP contribution in [0.5, 0.6) is 0 Å². The quantitative estimate of drug-likeness (QED) is 0.635. The first kappa shape index (κ1) is 16.2. The van der Waals surface area contributed by atoms with Gasteiger partial charge in [0, 0.05) is 11.5 Å². The first-order valence-corrected chi connectivity index (χ1v) is 7.74. The van der Waals surface area contributed by atoms with Crippen LogP contribution < -0.4 is 10.6 Å². The number of nitriles is 1. The smallest absolute Gasteiger partial charge is 0.228 e. The van der Waals surface area contributed by atoms with Crippen molar-refractivity contribution in [3.8, 4) is 6.07 Å². The lowest BCUT2D eigenvalue weighted by Gasteiger charge is -2.26. The Morgan fingerprint density at radius 3 is 2.77 bits per heavy atom. The third kappa shape index (κ3) is 3.36. The number of anilines is 1. The van der Waals surface area contributed by atoms with Crippen molar-refractivity contribution in [2.24, 2.45) is 9.98 Å². The second kappa shape index (κ2) is 7.22. The monoisotopic (exact) mass is 363 g/mol. The van der Waals surface area contributed by atoms with E-state index < -0.39 is 0 Å². The Balaban J connectivity index is 2.27. The highest BCUT2D eigenvalue weighted by molar-refractivity contribution is 9.11. The van der Waals surface area contributed by atoms with Gasteiger partial charge in [0.15, 0.2) is 5.69 Å². The first-order valence-electron chi connectivity index (χ1n) is 6.94. The Morgan fingerprint density at radius 2 is 2.32 bits per heavy atom.